The maximum absolute atomic E-state index is 13.5. The highest BCUT2D eigenvalue weighted by molar-refractivity contribution is 6.01. The fraction of sp³-hybridized carbons (Fsp3) is 0.200. The van der Waals surface area contributed by atoms with Crippen LogP contribution < -0.4 is 10.9 Å². The number of likely N-dealkylation sites (N-methyl/N-ethyl adjacent to an activating group) is 1. The van der Waals surface area contributed by atoms with Gasteiger partial charge in [0.15, 0.2) is 0 Å². The lowest BCUT2D eigenvalue weighted by molar-refractivity contribution is -0.134. The number of aromatic amines is 1. The summed E-state index contributed by atoms with van der Waals surface area (Å²) in [5.74, 6) is -1.51. The number of halogens is 1. The number of para-hydroxylation sites is 1. The van der Waals surface area contributed by atoms with Crippen LogP contribution in [0.5, 0.6) is 0 Å². The van der Waals surface area contributed by atoms with Crippen LogP contribution in [0.2, 0.25) is 0 Å². The lowest BCUT2D eigenvalue weighted by Gasteiger charge is -2.28. The quantitative estimate of drug-likeness (QED) is 0.728. The van der Waals surface area contributed by atoms with Crippen molar-refractivity contribution in [2.45, 2.75) is 18.9 Å². The lowest BCUT2D eigenvalue weighted by Crippen LogP contribution is -2.36. The molecule has 4 rings (SSSR count). The average molecular weight is 380 g/mol. The first-order valence-corrected chi connectivity index (χ1v) is 8.74. The minimum absolute atomic E-state index is 0.0243. The molecule has 0 aliphatic carbocycles. The molecule has 2 heterocycles. The fourth-order valence-corrected chi connectivity index (χ4v) is 3.44. The number of fused-ring (bicyclic) bond motifs is 2. The minimum Gasteiger partial charge on any atom is -0.338 e. The van der Waals surface area contributed by atoms with Gasteiger partial charge < -0.3 is 15.2 Å². The third kappa shape index (κ3) is 3.24. The van der Waals surface area contributed by atoms with Gasteiger partial charge in [-0.3, -0.25) is 14.4 Å². The van der Waals surface area contributed by atoms with Crippen molar-refractivity contribution in [2.24, 2.45) is 0 Å². The predicted molar refractivity (Wildman–Crippen MR) is 101 cm³/mol. The van der Waals surface area contributed by atoms with E-state index in [9.17, 15) is 18.8 Å². The minimum atomic E-state index is -0.721. The Balaban J connectivity index is 1.61. The zero-order valence-corrected chi connectivity index (χ0v) is 15.0. The number of nitrogens with one attached hydrogen (secondary N) is 2. The van der Waals surface area contributed by atoms with Crippen molar-refractivity contribution in [3.05, 3.63) is 70.0 Å². The Morgan fingerprint density at radius 3 is 2.86 bits per heavy atom. The van der Waals surface area contributed by atoms with Crippen LogP contribution in [0.4, 0.5) is 10.1 Å². The van der Waals surface area contributed by atoms with E-state index < -0.39 is 11.7 Å². The van der Waals surface area contributed by atoms with E-state index in [1.165, 1.54) is 23.1 Å². The second kappa shape index (κ2) is 6.88. The van der Waals surface area contributed by atoms with E-state index in [1.54, 1.807) is 31.3 Å². The highest BCUT2D eigenvalue weighted by atomic mass is 19.1. The number of carbonyl (C=O) groups excluding carboxylic acids is 2. The number of rotatable bonds is 3. The van der Waals surface area contributed by atoms with Crippen LogP contribution >= 0.6 is 0 Å². The number of nitrogens with zero attached hydrogens (tertiary/aromatic N) is 2. The second-order valence-corrected chi connectivity index (χ2v) is 6.76. The summed E-state index contributed by atoms with van der Waals surface area (Å²) >= 11 is 0. The molecule has 0 saturated heterocycles. The summed E-state index contributed by atoms with van der Waals surface area (Å²) < 4.78 is 13.5. The van der Waals surface area contributed by atoms with Crippen molar-refractivity contribution in [3.63, 3.8) is 0 Å². The van der Waals surface area contributed by atoms with Crippen LogP contribution in [0.15, 0.2) is 47.3 Å². The molecule has 28 heavy (non-hydrogen) atoms. The van der Waals surface area contributed by atoms with E-state index in [0.717, 1.165) is 0 Å². The first-order chi connectivity index (χ1) is 13.4. The molecule has 0 bridgehead atoms. The van der Waals surface area contributed by atoms with Crippen molar-refractivity contribution < 1.29 is 14.0 Å². The van der Waals surface area contributed by atoms with Gasteiger partial charge in [-0.1, -0.05) is 18.2 Å². The summed E-state index contributed by atoms with van der Waals surface area (Å²) in [4.78, 5) is 45.6. The van der Waals surface area contributed by atoms with E-state index in [2.05, 4.69) is 15.3 Å². The molecule has 1 aliphatic rings. The molecular formula is C20H17FN4O3. The molecule has 1 aromatic heterocycles. The first kappa shape index (κ1) is 17.8. The highest BCUT2D eigenvalue weighted by Crippen LogP contribution is 2.34. The topological polar surface area (TPSA) is 95.2 Å². The number of aromatic nitrogens is 2. The fourth-order valence-electron chi connectivity index (χ4n) is 3.44. The molecule has 0 unspecified atom stereocenters. The van der Waals surface area contributed by atoms with E-state index in [-0.39, 0.29) is 30.3 Å². The summed E-state index contributed by atoms with van der Waals surface area (Å²) in [5.41, 5.74) is 1.14. The molecule has 1 aliphatic heterocycles. The molecule has 3 aromatic rings. The standard InChI is InChI=1S/C20H17FN4O3/c1-25(10-17-22-15-5-3-2-4-13(15)19(27)24-17)20(28)14-9-18(26)23-16-8-11(21)6-7-12(14)16/h2-8,14H,9-10H2,1H3,(H,23,26)(H,22,24,27)/t14-/m0/s1. The third-order valence-electron chi connectivity index (χ3n) is 4.78. The Kier molecular flexibility index (Phi) is 4.38. The van der Waals surface area contributed by atoms with Crippen LogP contribution in [0, 0.1) is 5.82 Å². The Bertz CT molecular complexity index is 1160. The Labute approximate surface area is 159 Å². The number of hydrogen-bond acceptors (Lipinski definition) is 4. The molecule has 7 nitrogen and oxygen atoms in total. The van der Waals surface area contributed by atoms with Gasteiger partial charge in [-0.2, -0.15) is 0 Å². The molecule has 1 atom stereocenters. The third-order valence-corrected chi connectivity index (χ3v) is 4.78. The normalized spacial score (nSPS) is 15.8. The summed E-state index contributed by atoms with van der Waals surface area (Å²) in [7, 11) is 1.58. The van der Waals surface area contributed by atoms with E-state index in [4.69, 9.17) is 0 Å². The van der Waals surface area contributed by atoms with Crippen LogP contribution in [-0.2, 0) is 16.1 Å². The number of anilines is 1. The first-order valence-electron chi connectivity index (χ1n) is 8.74. The van der Waals surface area contributed by atoms with E-state index in [0.29, 0.717) is 28.0 Å². The van der Waals surface area contributed by atoms with E-state index >= 15 is 0 Å². The SMILES string of the molecule is CN(Cc1nc2ccccc2c(=O)[nH]1)C(=O)[C@H]1CC(=O)Nc2cc(F)ccc21. The number of benzene rings is 2. The molecule has 2 amide bonds. The summed E-state index contributed by atoms with van der Waals surface area (Å²) in [6, 6.07) is 10.9. The van der Waals surface area contributed by atoms with Gasteiger partial charge in [0.2, 0.25) is 11.8 Å². The molecular weight excluding hydrogens is 363 g/mol. The summed E-state index contributed by atoms with van der Waals surface area (Å²) in [6.07, 6.45) is -0.0243. The number of H-pyrrole nitrogens is 1. The Morgan fingerprint density at radius 1 is 1.25 bits per heavy atom. The van der Waals surface area contributed by atoms with Crippen molar-refractivity contribution in [2.75, 3.05) is 12.4 Å². The van der Waals surface area contributed by atoms with Gasteiger partial charge in [0, 0.05) is 19.2 Å². The maximum Gasteiger partial charge on any atom is 0.258 e. The molecule has 8 heteroatoms. The summed E-state index contributed by atoms with van der Waals surface area (Å²) in [6.45, 7) is 0.0769. The summed E-state index contributed by atoms with van der Waals surface area (Å²) in [5, 5.41) is 3.06. The van der Waals surface area contributed by atoms with Gasteiger partial charge >= 0.3 is 0 Å². The predicted octanol–water partition coefficient (Wildman–Crippen LogP) is 2.15. The van der Waals surface area contributed by atoms with Gasteiger partial charge in [-0.25, -0.2) is 9.37 Å². The lowest BCUT2D eigenvalue weighted by atomic mass is 9.89. The molecule has 2 N–H and O–H groups in total. The zero-order valence-electron chi connectivity index (χ0n) is 15.0. The monoisotopic (exact) mass is 380 g/mol. The largest absolute Gasteiger partial charge is 0.338 e. The number of amides is 2. The highest BCUT2D eigenvalue weighted by Gasteiger charge is 2.32. The van der Waals surface area contributed by atoms with Crippen molar-refractivity contribution in [1.82, 2.24) is 14.9 Å². The van der Waals surface area contributed by atoms with E-state index in [1.807, 2.05) is 0 Å². The number of carbonyl (C=O) groups is 2. The molecule has 0 fully saturated rings. The van der Waals surface area contributed by atoms with Crippen LogP contribution in [0.1, 0.15) is 23.7 Å². The van der Waals surface area contributed by atoms with Gasteiger partial charge in [0.1, 0.15) is 11.6 Å². The smallest absolute Gasteiger partial charge is 0.258 e. The van der Waals surface area contributed by atoms with Crippen LogP contribution in [0.3, 0.4) is 0 Å². The number of hydrogen-bond donors (Lipinski definition) is 2. The van der Waals surface area contributed by atoms with Crippen LogP contribution in [0.25, 0.3) is 10.9 Å². The van der Waals surface area contributed by atoms with Crippen molar-refractivity contribution >= 4 is 28.4 Å². The van der Waals surface area contributed by atoms with Gasteiger partial charge in [-0.15, -0.1) is 0 Å². The zero-order chi connectivity index (χ0) is 19.8. The van der Waals surface area contributed by atoms with Crippen LogP contribution in [-0.4, -0.2) is 33.7 Å². The Hall–Kier alpha value is -3.55. The second-order valence-electron chi connectivity index (χ2n) is 6.76. The molecule has 0 radical (unpaired) electrons. The maximum atomic E-state index is 13.5. The van der Waals surface area contributed by atoms with Gasteiger partial charge in [0.25, 0.3) is 5.56 Å². The Morgan fingerprint density at radius 2 is 2.04 bits per heavy atom. The van der Waals surface area contributed by atoms with Crippen molar-refractivity contribution in [3.8, 4) is 0 Å². The van der Waals surface area contributed by atoms with Gasteiger partial charge in [0.05, 0.1) is 23.4 Å². The van der Waals surface area contributed by atoms with Crippen molar-refractivity contribution in [1.29, 1.82) is 0 Å². The molecule has 2 aromatic carbocycles. The molecule has 0 spiro atoms. The van der Waals surface area contributed by atoms with Gasteiger partial charge in [-0.05, 0) is 29.8 Å². The molecule has 142 valence electrons. The average Bonchev–Trinajstić information content (AvgIpc) is 2.66. The molecule has 0 saturated carbocycles.